The number of fused-ring (bicyclic) bond motifs is 3. The Morgan fingerprint density at radius 3 is 1.93 bits per heavy atom. The molecule has 3 N–H and O–H groups in total. The third kappa shape index (κ3) is 3.05. The summed E-state index contributed by atoms with van der Waals surface area (Å²) in [5.74, 6) is 0. The maximum atomic E-state index is 9.89. The van der Waals surface area contributed by atoms with Crippen molar-refractivity contribution in [1.29, 1.82) is 0 Å². The molecule has 0 aromatic heterocycles. The first kappa shape index (κ1) is 17.8. The Bertz CT molecular complexity index is 1180. The van der Waals surface area contributed by atoms with Gasteiger partial charge < -0.3 is 15.3 Å². The highest BCUT2D eigenvalue weighted by Gasteiger charge is 2.31. The summed E-state index contributed by atoms with van der Waals surface area (Å²) in [4.78, 5) is 0. The lowest BCUT2D eigenvalue weighted by molar-refractivity contribution is 0.426. The fourth-order valence-electron chi connectivity index (χ4n) is 4.25. The maximum absolute atomic E-state index is 9.89. The second kappa shape index (κ2) is 7.28. The largest absolute Gasteiger partial charge is 0.489 e. The van der Waals surface area contributed by atoms with Crippen LogP contribution in [0.5, 0.6) is 0 Å². The SMILES string of the molecule is OB(O)c1ccccc1-c1cccc2c1NB(c1ccccc1)c1ccccc1-2. The van der Waals surface area contributed by atoms with E-state index >= 15 is 0 Å². The van der Waals surface area contributed by atoms with E-state index in [-0.39, 0.29) is 6.85 Å². The Morgan fingerprint density at radius 1 is 0.586 bits per heavy atom. The molecular weight excluding hydrogens is 356 g/mol. The van der Waals surface area contributed by atoms with Crippen LogP contribution in [-0.4, -0.2) is 24.0 Å². The average Bonchev–Trinajstić information content (AvgIpc) is 2.78. The summed E-state index contributed by atoms with van der Waals surface area (Å²) in [6, 6.07) is 32.5. The van der Waals surface area contributed by atoms with E-state index in [1.807, 2.05) is 36.4 Å². The van der Waals surface area contributed by atoms with Crippen molar-refractivity contribution >= 4 is 36.0 Å². The Labute approximate surface area is 170 Å². The van der Waals surface area contributed by atoms with Gasteiger partial charge in [0.05, 0.1) is 0 Å². The second-order valence-corrected chi connectivity index (χ2v) is 7.26. The van der Waals surface area contributed by atoms with E-state index in [2.05, 4.69) is 59.8 Å². The van der Waals surface area contributed by atoms with E-state index in [0.717, 1.165) is 22.4 Å². The van der Waals surface area contributed by atoms with Crippen LogP contribution >= 0.6 is 0 Å². The van der Waals surface area contributed by atoms with E-state index in [4.69, 9.17) is 0 Å². The van der Waals surface area contributed by atoms with Crippen molar-refractivity contribution in [1.82, 2.24) is 0 Å². The van der Waals surface area contributed by atoms with Crippen LogP contribution in [0.3, 0.4) is 0 Å². The standard InChI is InChI=1S/C24H19B2NO2/c28-26(29)23-16-7-5-12-19(23)21-14-8-13-20-18-11-4-6-15-22(18)25(27-24(20)21)17-9-2-1-3-10-17/h1-16,27-29H. The van der Waals surface area contributed by atoms with Crippen LogP contribution in [0.1, 0.15) is 0 Å². The van der Waals surface area contributed by atoms with Crippen molar-refractivity contribution in [3.63, 3.8) is 0 Å². The molecule has 5 rings (SSSR count). The molecule has 4 aromatic carbocycles. The topological polar surface area (TPSA) is 52.5 Å². The minimum atomic E-state index is -1.53. The van der Waals surface area contributed by atoms with Gasteiger partial charge in [0.25, 0.3) is 0 Å². The summed E-state index contributed by atoms with van der Waals surface area (Å²) >= 11 is 0. The van der Waals surface area contributed by atoms with Gasteiger partial charge in [0, 0.05) is 16.8 Å². The number of rotatable bonds is 3. The van der Waals surface area contributed by atoms with Gasteiger partial charge in [-0.3, -0.25) is 0 Å². The molecule has 4 aromatic rings. The predicted octanol–water partition coefficient (Wildman–Crippen LogP) is 2.23. The van der Waals surface area contributed by atoms with Gasteiger partial charge in [0.15, 0.2) is 0 Å². The van der Waals surface area contributed by atoms with Gasteiger partial charge in [-0.05, 0) is 22.1 Å². The summed E-state index contributed by atoms with van der Waals surface area (Å²) in [5.41, 5.74) is 8.02. The molecule has 0 bridgehead atoms. The molecule has 1 aliphatic rings. The van der Waals surface area contributed by atoms with Crippen LogP contribution in [0.2, 0.25) is 0 Å². The minimum absolute atomic E-state index is 0.0206. The lowest BCUT2D eigenvalue weighted by Gasteiger charge is -2.30. The molecule has 138 valence electrons. The molecule has 0 atom stereocenters. The fourth-order valence-corrected chi connectivity index (χ4v) is 4.25. The molecule has 0 radical (unpaired) electrons. The highest BCUT2D eigenvalue weighted by atomic mass is 16.4. The van der Waals surface area contributed by atoms with Crippen LogP contribution in [0, 0.1) is 0 Å². The van der Waals surface area contributed by atoms with Crippen molar-refractivity contribution in [2.24, 2.45) is 0 Å². The number of hydrogen-bond acceptors (Lipinski definition) is 3. The van der Waals surface area contributed by atoms with Crippen LogP contribution in [0.4, 0.5) is 5.69 Å². The Kier molecular flexibility index (Phi) is 4.47. The number of benzene rings is 4. The molecular formula is C24H19B2NO2. The maximum Gasteiger partial charge on any atom is 0.489 e. The molecule has 0 saturated heterocycles. The van der Waals surface area contributed by atoms with Crippen LogP contribution in [-0.2, 0) is 0 Å². The van der Waals surface area contributed by atoms with Gasteiger partial charge >= 0.3 is 14.0 Å². The Balaban J connectivity index is 1.75. The number of hydrogen-bond donors (Lipinski definition) is 3. The van der Waals surface area contributed by atoms with Crippen molar-refractivity contribution in [2.75, 3.05) is 5.23 Å². The van der Waals surface area contributed by atoms with Crippen molar-refractivity contribution in [3.8, 4) is 22.3 Å². The average molecular weight is 375 g/mol. The summed E-state index contributed by atoms with van der Waals surface area (Å²) < 4.78 is 0. The molecule has 0 saturated carbocycles. The second-order valence-electron chi connectivity index (χ2n) is 7.26. The molecule has 0 amide bonds. The molecule has 29 heavy (non-hydrogen) atoms. The van der Waals surface area contributed by atoms with Gasteiger partial charge in [-0.1, -0.05) is 103 Å². The van der Waals surface area contributed by atoms with Gasteiger partial charge in [-0.2, -0.15) is 0 Å². The zero-order valence-electron chi connectivity index (χ0n) is 15.8. The van der Waals surface area contributed by atoms with Crippen molar-refractivity contribution < 1.29 is 10.0 Å². The molecule has 1 heterocycles. The molecule has 0 unspecified atom stereocenters. The van der Waals surface area contributed by atoms with E-state index in [0.29, 0.717) is 5.46 Å². The van der Waals surface area contributed by atoms with E-state index in [1.54, 1.807) is 6.07 Å². The molecule has 5 heteroatoms. The monoisotopic (exact) mass is 375 g/mol. The van der Waals surface area contributed by atoms with Crippen molar-refractivity contribution in [2.45, 2.75) is 0 Å². The van der Waals surface area contributed by atoms with E-state index in [9.17, 15) is 10.0 Å². The molecule has 1 aliphatic heterocycles. The van der Waals surface area contributed by atoms with Crippen molar-refractivity contribution in [3.05, 3.63) is 97.1 Å². The third-order valence-electron chi connectivity index (χ3n) is 5.58. The molecule has 0 spiro atoms. The first-order valence-corrected chi connectivity index (χ1v) is 9.73. The molecule has 0 fully saturated rings. The smallest absolute Gasteiger partial charge is 0.423 e. The minimum Gasteiger partial charge on any atom is -0.423 e. The summed E-state index contributed by atoms with van der Waals surface area (Å²) in [7, 11) is -1.53. The fraction of sp³-hybridized carbons (Fsp3) is 0. The number of anilines is 1. The van der Waals surface area contributed by atoms with Gasteiger partial charge in [-0.15, -0.1) is 0 Å². The van der Waals surface area contributed by atoms with Gasteiger partial charge in [0.2, 0.25) is 0 Å². The highest BCUT2D eigenvalue weighted by Crippen LogP contribution is 2.38. The van der Waals surface area contributed by atoms with Gasteiger partial charge in [0.1, 0.15) is 0 Å². The summed E-state index contributed by atoms with van der Waals surface area (Å²) in [6.45, 7) is 0.0206. The quantitative estimate of drug-likeness (QED) is 0.482. The summed E-state index contributed by atoms with van der Waals surface area (Å²) in [5, 5.41) is 23.5. The Hall–Kier alpha value is -3.27. The lowest BCUT2D eigenvalue weighted by atomic mass is 9.47. The normalized spacial score (nSPS) is 12.0. The highest BCUT2D eigenvalue weighted by molar-refractivity contribution is 6.89. The Morgan fingerprint density at radius 2 is 1.17 bits per heavy atom. The predicted molar refractivity (Wildman–Crippen MR) is 122 cm³/mol. The van der Waals surface area contributed by atoms with Crippen LogP contribution < -0.4 is 21.6 Å². The van der Waals surface area contributed by atoms with Gasteiger partial charge in [-0.25, -0.2) is 0 Å². The first-order chi connectivity index (χ1) is 14.2. The first-order valence-electron chi connectivity index (χ1n) is 9.73. The zero-order chi connectivity index (χ0) is 19.8. The number of nitrogens with one attached hydrogen (secondary N) is 1. The molecule has 3 nitrogen and oxygen atoms in total. The zero-order valence-corrected chi connectivity index (χ0v) is 15.8. The van der Waals surface area contributed by atoms with E-state index in [1.165, 1.54) is 16.5 Å². The summed E-state index contributed by atoms with van der Waals surface area (Å²) in [6.07, 6.45) is 0. The van der Waals surface area contributed by atoms with E-state index < -0.39 is 7.12 Å². The number of para-hydroxylation sites is 1. The van der Waals surface area contributed by atoms with Crippen LogP contribution in [0.15, 0.2) is 97.1 Å². The lowest BCUT2D eigenvalue weighted by Crippen LogP contribution is -2.52. The third-order valence-corrected chi connectivity index (χ3v) is 5.58. The van der Waals surface area contributed by atoms with Crippen LogP contribution in [0.25, 0.3) is 22.3 Å². The molecule has 0 aliphatic carbocycles.